The van der Waals surface area contributed by atoms with E-state index in [9.17, 15) is 8.78 Å². The Bertz CT molecular complexity index is 461. The normalized spacial score (nSPS) is 19.9. The van der Waals surface area contributed by atoms with Crippen molar-refractivity contribution in [3.05, 3.63) is 34.4 Å². The van der Waals surface area contributed by atoms with Gasteiger partial charge < -0.3 is 5.32 Å². The molecule has 0 spiro atoms. The SMILES string of the molecule is CCC(C)[C@@H](c1c(F)ccc(F)c1Cl)N1CCNCC1. The summed E-state index contributed by atoms with van der Waals surface area (Å²) >= 11 is 6.06. The van der Waals surface area contributed by atoms with Gasteiger partial charge in [-0.2, -0.15) is 0 Å². The molecule has 2 rings (SSSR count). The Morgan fingerprint density at radius 2 is 1.85 bits per heavy atom. The van der Waals surface area contributed by atoms with Gasteiger partial charge in [-0.3, -0.25) is 4.90 Å². The third kappa shape index (κ3) is 3.13. The van der Waals surface area contributed by atoms with Crippen molar-refractivity contribution >= 4 is 11.6 Å². The van der Waals surface area contributed by atoms with Gasteiger partial charge in [0.05, 0.1) is 5.02 Å². The fourth-order valence-electron chi connectivity index (χ4n) is 2.82. The van der Waals surface area contributed by atoms with Crippen LogP contribution in [0, 0.1) is 17.6 Å². The molecule has 0 radical (unpaired) electrons. The van der Waals surface area contributed by atoms with Gasteiger partial charge in [0.25, 0.3) is 0 Å². The van der Waals surface area contributed by atoms with Gasteiger partial charge in [0.2, 0.25) is 0 Å². The zero-order valence-corrected chi connectivity index (χ0v) is 12.7. The second-order valence-electron chi connectivity index (χ2n) is 5.37. The van der Waals surface area contributed by atoms with Crippen molar-refractivity contribution in [2.24, 2.45) is 5.92 Å². The molecular weight excluding hydrogens is 282 g/mol. The Morgan fingerprint density at radius 3 is 2.45 bits per heavy atom. The molecule has 1 unspecified atom stereocenters. The number of rotatable bonds is 4. The molecule has 1 saturated heterocycles. The molecule has 0 saturated carbocycles. The number of piperazine rings is 1. The fourth-order valence-corrected chi connectivity index (χ4v) is 3.09. The average Bonchev–Trinajstić information content (AvgIpc) is 2.48. The third-order valence-electron chi connectivity index (χ3n) is 4.10. The third-order valence-corrected chi connectivity index (χ3v) is 4.49. The number of benzene rings is 1. The standard InChI is InChI=1S/C15H21ClF2N2/c1-3-10(2)15(20-8-6-19-7-9-20)13-11(17)4-5-12(18)14(13)16/h4-5,10,15,19H,3,6-9H2,1-2H3/t10?,15-/m0/s1. The minimum atomic E-state index is -0.550. The summed E-state index contributed by atoms with van der Waals surface area (Å²) in [5.74, 6) is -0.756. The second-order valence-corrected chi connectivity index (χ2v) is 5.75. The first kappa shape index (κ1) is 15.7. The van der Waals surface area contributed by atoms with Crippen molar-refractivity contribution in [3.8, 4) is 0 Å². The van der Waals surface area contributed by atoms with Crippen LogP contribution in [0.3, 0.4) is 0 Å². The number of hydrogen-bond donors (Lipinski definition) is 1. The molecule has 1 aliphatic heterocycles. The highest BCUT2D eigenvalue weighted by atomic mass is 35.5. The van der Waals surface area contributed by atoms with Crippen molar-refractivity contribution in [1.82, 2.24) is 10.2 Å². The van der Waals surface area contributed by atoms with Crippen LogP contribution in [0.4, 0.5) is 8.78 Å². The van der Waals surface area contributed by atoms with Crippen molar-refractivity contribution in [1.29, 1.82) is 0 Å². The molecule has 20 heavy (non-hydrogen) atoms. The molecule has 1 heterocycles. The molecule has 1 fully saturated rings. The number of nitrogens with zero attached hydrogens (tertiary/aromatic N) is 1. The van der Waals surface area contributed by atoms with Gasteiger partial charge in [0.15, 0.2) is 0 Å². The molecule has 112 valence electrons. The van der Waals surface area contributed by atoms with E-state index in [1.807, 2.05) is 0 Å². The minimum Gasteiger partial charge on any atom is -0.314 e. The van der Waals surface area contributed by atoms with Crippen LogP contribution in [-0.4, -0.2) is 31.1 Å². The van der Waals surface area contributed by atoms with E-state index in [0.29, 0.717) is 5.56 Å². The Balaban J connectivity index is 2.43. The fraction of sp³-hybridized carbons (Fsp3) is 0.600. The summed E-state index contributed by atoms with van der Waals surface area (Å²) in [6.07, 6.45) is 0.890. The van der Waals surface area contributed by atoms with E-state index in [2.05, 4.69) is 24.1 Å². The van der Waals surface area contributed by atoms with Crippen LogP contribution < -0.4 is 5.32 Å². The predicted molar refractivity (Wildman–Crippen MR) is 78.0 cm³/mol. The van der Waals surface area contributed by atoms with Crippen LogP contribution in [0.1, 0.15) is 31.9 Å². The summed E-state index contributed by atoms with van der Waals surface area (Å²) in [7, 11) is 0. The molecule has 0 aromatic heterocycles. The minimum absolute atomic E-state index is 0.0752. The van der Waals surface area contributed by atoms with E-state index in [-0.39, 0.29) is 17.0 Å². The van der Waals surface area contributed by atoms with Crippen LogP contribution in [0.25, 0.3) is 0 Å². The monoisotopic (exact) mass is 302 g/mol. The Labute approximate surface area is 124 Å². The summed E-state index contributed by atoms with van der Waals surface area (Å²) < 4.78 is 28.0. The lowest BCUT2D eigenvalue weighted by Crippen LogP contribution is -2.47. The van der Waals surface area contributed by atoms with E-state index in [4.69, 9.17) is 11.6 Å². The predicted octanol–water partition coefficient (Wildman–Crippen LogP) is 3.61. The van der Waals surface area contributed by atoms with E-state index in [1.54, 1.807) is 0 Å². The van der Waals surface area contributed by atoms with Crippen LogP contribution in [0.2, 0.25) is 5.02 Å². The Morgan fingerprint density at radius 1 is 1.25 bits per heavy atom. The van der Waals surface area contributed by atoms with Crippen LogP contribution in [0.15, 0.2) is 12.1 Å². The quantitative estimate of drug-likeness (QED) is 0.855. The summed E-state index contributed by atoms with van der Waals surface area (Å²) in [5.41, 5.74) is 0.308. The molecule has 1 N–H and O–H groups in total. The van der Waals surface area contributed by atoms with E-state index < -0.39 is 11.6 Å². The highest BCUT2D eigenvalue weighted by molar-refractivity contribution is 6.31. The molecule has 1 aromatic carbocycles. The molecule has 1 aromatic rings. The number of nitrogens with one attached hydrogen (secondary N) is 1. The van der Waals surface area contributed by atoms with Gasteiger partial charge >= 0.3 is 0 Å². The summed E-state index contributed by atoms with van der Waals surface area (Å²) in [6, 6.07) is 2.09. The second kappa shape index (κ2) is 6.83. The van der Waals surface area contributed by atoms with Crippen LogP contribution >= 0.6 is 11.6 Å². The topological polar surface area (TPSA) is 15.3 Å². The van der Waals surface area contributed by atoms with Gasteiger partial charge in [0, 0.05) is 37.8 Å². The zero-order valence-electron chi connectivity index (χ0n) is 11.9. The molecule has 2 nitrogen and oxygen atoms in total. The molecule has 0 aliphatic carbocycles. The van der Waals surface area contributed by atoms with Crippen LogP contribution in [0.5, 0.6) is 0 Å². The van der Waals surface area contributed by atoms with Crippen molar-refractivity contribution in [2.45, 2.75) is 26.3 Å². The average molecular weight is 303 g/mol. The van der Waals surface area contributed by atoms with Gasteiger partial charge in [-0.1, -0.05) is 31.9 Å². The summed E-state index contributed by atoms with van der Waals surface area (Å²) in [6.45, 7) is 7.49. The maximum absolute atomic E-state index is 14.2. The van der Waals surface area contributed by atoms with Crippen molar-refractivity contribution < 1.29 is 8.78 Å². The van der Waals surface area contributed by atoms with Crippen molar-refractivity contribution in [3.63, 3.8) is 0 Å². The van der Waals surface area contributed by atoms with Crippen LogP contribution in [-0.2, 0) is 0 Å². The van der Waals surface area contributed by atoms with Gasteiger partial charge in [0.1, 0.15) is 11.6 Å². The largest absolute Gasteiger partial charge is 0.314 e. The molecule has 1 aliphatic rings. The highest BCUT2D eigenvalue weighted by Crippen LogP contribution is 2.37. The Hall–Kier alpha value is -0.710. The molecule has 0 amide bonds. The first-order valence-corrected chi connectivity index (χ1v) is 7.52. The van der Waals surface area contributed by atoms with E-state index in [1.165, 1.54) is 6.07 Å². The molecule has 5 heteroatoms. The first-order valence-electron chi connectivity index (χ1n) is 7.14. The lowest BCUT2D eigenvalue weighted by Gasteiger charge is -2.39. The van der Waals surface area contributed by atoms with E-state index in [0.717, 1.165) is 38.7 Å². The molecule has 2 atom stereocenters. The maximum atomic E-state index is 14.2. The lowest BCUT2D eigenvalue weighted by atomic mass is 9.90. The number of hydrogen-bond acceptors (Lipinski definition) is 2. The van der Waals surface area contributed by atoms with Gasteiger partial charge in [-0.25, -0.2) is 8.78 Å². The first-order chi connectivity index (χ1) is 9.56. The van der Waals surface area contributed by atoms with Crippen molar-refractivity contribution in [2.75, 3.05) is 26.2 Å². The highest BCUT2D eigenvalue weighted by Gasteiger charge is 2.31. The van der Waals surface area contributed by atoms with E-state index >= 15 is 0 Å². The summed E-state index contributed by atoms with van der Waals surface area (Å²) in [4.78, 5) is 2.20. The Kier molecular flexibility index (Phi) is 5.35. The summed E-state index contributed by atoms with van der Waals surface area (Å²) in [5, 5.41) is 3.20. The van der Waals surface area contributed by atoms with Gasteiger partial charge in [-0.05, 0) is 18.1 Å². The lowest BCUT2D eigenvalue weighted by molar-refractivity contribution is 0.125. The molecular formula is C15H21ClF2N2. The van der Waals surface area contributed by atoms with Gasteiger partial charge in [-0.15, -0.1) is 0 Å². The smallest absolute Gasteiger partial charge is 0.142 e. The maximum Gasteiger partial charge on any atom is 0.142 e. The molecule has 0 bridgehead atoms. The number of halogens is 3. The zero-order chi connectivity index (χ0) is 14.7.